The average molecular weight is 299 g/mol. The van der Waals surface area contributed by atoms with Gasteiger partial charge in [-0.3, -0.25) is 4.79 Å². The molecule has 1 aliphatic heterocycles. The van der Waals surface area contributed by atoms with Crippen LogP contribution >= 0.6 is 0 Å². The zero-order valence-electron chi connectivity index (χ0n) is 13.3. The number of rotatable bonds is 3. The second-order valence-electron chi connectivity index (χ2n) is 5.65. The molecule has 0 unspecified atom stereocenters. The Bertz CT molecular complexity index is 683. The van der Waals surface area contributed by atoms with Gasteiger partial charge >= 0.3 is 0 Å². The van der Waals surface area contributed by atoms with E-state index in [1.54, 1.807) is 7.11 Å². The van der Waals surface area contributed by atoms with E-state index < -0.39 is 0 Å². The molecule has 2 heterocycles. The zero-order valence-corrected chi connectivity index (χ0v) is 13.3. The van der Waals surface area contributed by atoms with Gasteiger partial charge in [-0.15, -0.1) is 0 Å². The van der Waals surface area contributed by atoms with Gasteiger partial charge in [0.15, 0.2) is 0 Å². The van der Waals surface area contributed by atoms with Crippen LogP contribution in [0.15, 0.2) is 24.3 Å². The first-order valence-electron chi connectivity index (χ1n) is 7.61. The highest BCUT2D eigenvalue weighted by Crippen LogP contribution is 2.22. The van der Waals surface area contributed by atoms with Crippen LogP contribution in [0.2, 0.25) is 0 Å². The van der Waals surface area contributed by atoms with Crippen LogP contribution in [0.1, 0.15) is 34.6 Å². The van der Waals surface area contributed by atoms with Gasteiger partial charge in [0, 0.05) is 13.1 Å². The van der Waals surface area contributed by atoms with E-state index in [2.05, 4.69) is 5.10 Å². The molecule has 0 radical (unpaired) electrons. The van der Waals surface area contributed by atoms with Gasteiger partial charge < -0.3 is 9.64 Å². The van der Waals surface area contributed by atoms with Crippen molar-refractivity contribution in [2.45, 2.75) is 26.7 Å². The van der Waals surface area contributed by atoms with E-state index >= 15 is 0 Å². The lowest BCUT2D eigenvalue weighted by Crippen LogP contribution is -2.28. The highest BCUT2D eigenvalue weighted by molar-refractivity contribution is 5.96. The number of likely N-dealkylation sites (tertiary alicyclic amines) is 1. The molecule has 1 amide bonds. The number of carbonyl (C=O) groups is 1. The summed E-state index contributed by atoms with van der Waals surface area (Å²) in [6.07, 6.45) is 2.19. The SMILES string of the molecule is COc1ccc(-n2nc(C)c(C(=O)N3CCCC3)c2C)cc1. The van der Waals surface area contributed by atoms with Crippen molar-refractivity contribution in [3.05, 3.63) is 41.2 Å². The number of hydrogen-bond acceptors (Lipinski definition) is 3. The summed E-state index contributed by atoms with van der Waals surface area (Å²) in [4.78, 5) is 14.6. The third kappa shape index (κ3) is 2.47. The standard InChI is InChI=1S/C17H21N3O2/c1-12-16(17(21)19-10-4-5-11-19)13(2)20(18-12)14-6-8-15(22-3)9-7-14/h6-9H,4-5,10-11H2,1-3H3. The summed E-state index contributed by atoms with van der Waals surface area (Å²) >= 11 is 0. The Hall–Kier alpha value is -2.30. The maximum absolute atomic E-state index is 12.7. The smallest absolute Gasteiger partial charge is 0.257 e. The molecular formula is C17H21N3O2. The minimum atomic E-state index is 0.104. The molecule has 0 aliphatic carbocycles. The normalized spacial score (nSPS) is 14.4. The topological polar surface area (TPSA) is 47.4 Å². The second kappa shape index (κ2) is 5.83. The van der Waals surface area contributed by atoms with Crippen molar-refractivity contribution in [3.63, 3.8) is 0 Å². The molecule has 5 heteroatoms. The molecule has 1 fully saturated rings. The lowest BCUT2D eigenvalue weighted by molar-refractivity contribution is 0.0791. The molecule has 0 bridgehead atoms. The van der Waals surface area contributed by atoms with E-state index in [4.69, 9.17) is 4.74 Å². The molecule has 1 aromatic heterocycles. The number of carbonyl (C=O) groups excluding carboxylic acids is 1. The van der Waals surface area contributed by atoms with Gasteiger partial charge in [0.25, 0.3) is 5.91 Å². The Labute approximate surface area is 130 Å². The molecule has 3 rings (SSSR count). The number of nitrogens with zero attached hydrogens (tertiary/aromatic N) is 3. The molecule has 116 valence electrons. The number of ether oxygens (including phenoxy) is 1. The summed E-state index contributed by atoms with van der Waals surface area (Å²) in [5.41, 5.74) is 3.34. The number of methoxy groups -OCH3 is 1. The fraction of sp³-hybridized carbons (Fsp3) is 0.412. The van der Waals surface area contributed by atoms with E-state index in [-0.39, 0.29) is 5.91 Å². The minimum Gasteiger partial charge on any atom is -0.497 e. The molecule has 22 heavy (non-hydrogen) atoms. The van der Waals surface area contributed by atoms with Gasteiger partial charge in [-0.05, 0) is 51.0 Å². The summed E-state index contributed by atoms with van der Waals surface area (Å²) in [6, 6.07) is 7.69. The van der Waals surface area contributed by atoms with Crippen molar-refractivity contribution in [1.29, 1.82) is 0 Å². The van der Waals surface area contributed by atoms with Gasteiger partial charge in [0.05, 0.1) is 29.7 Å². The fourth-order valence-corrected chi connectivity index (χ4v) is 3.01. The lowest BCUT2D eigenvalue weighted by atomic mass is 10.1. The molecule has 0 atom stereocenters. The Morgan fingerprint density at radius 2 is 1.77 bits per heavy atom. The Balaban J connectivity index is 1.96. The summed E-state index contributed by atoms with van der Waals surface area (Å²) in [5, 5.41) is 4.56. The van der Waals surface area contributed by atoms with E-state index in [0.717, 1.165) is 54.3 Å². The summed E-state index contributed by atoms with van der Waals surface area (Å²) in [7, 11) is 1.64. The fourth-order valence-electron chi connectivity index (χ4n) is 3.01. The van der Waals surface area contributed by atoms with Crippen LogP contribution in [-0.4, -0.2) is 40.8 Å². The molecule has 1 aliphatic rings. The molecule has 2 aromatic rings. The van der Waals surface area contributed by atoms with Crippen LogP contribution < -0.4 is 4.74 Å². The number of aryl methyl sites for hydroxylation is 1. The highest BCUT2D eigenvalue weighted by Gasteiger charge is 2.25. The van der Waals surface area contributed by atoms with Crippen molar-refractivity contribution >= 4 is 5.91 Å². The van der Waals surface area contributed by atoms with Gasteiger partial charge in [-0.2, -0.15) is 5.10 Å². The third-order valence-corrected chi connectivity index (χ3v) is 4.22. The number of hydrogen-bond donors (Lipinski definition) is 0. The monoisotopic (exact) mass is 299 g/mol. The number of aromatic nitrogens is 2. The molecule has 0 N–H and O–H groups in total. The average Bonchev–Trinajstić information content (AvgIpc) is 3.15. The quantitative estimate of drug-likeness (QED) is 0.875. The van der Waals surface area contributed by atoms with E-state index in [1.807, 2.05) is 47.7 Å². The van der Waals surface area contributed by atoms with Crippen molar-refractivity contribution in [2.75, 3.05) is 20.2 Å². The van der Waals surface area contributed by atoms with Crippen molar-refractivity contribution < 1.29 is 9.53 Å². The Kier molecular flexibility index (Phi) is 3.88. The summed E-state index contributed by atoms with van der Waals surface area (Å²) < 4.78 is 7.01. The number of amides is 1. The molecule has 0 saturated carbocycles. The zero-order chi connectivity index (χ0) is 15.7. The highest BCUT2D eigenvalue weighted by atomic mass is 16.5. The first-order valence-corrected chi connectivity index (χ1v) is 7.61. The van der Waals surface area contributed by atoms with Gasteiger partial charge in [0.1, 0.15) is 5.75 Å². The van der Waals surface area contributed by atoms with Crippen molar-refractivity contribution in [2.24, 2.45) is 0 Å². The van der Waals surface area contributed by atoms with E-state index in [1.165, 1.54) is 0 Å². The number of benzene rings is 1. The predicted molar refractivity (Wildman–Crippen MR) is 84.7 cm³/mol. The minimum absolute atomic E-state index is 0.104. The van der Waals surface area contributed by atoms with Gasteiger partial charge in [-0.25, -0.2) is 4.68 Å². The Morgan fingerprint density at radius 3 is 2.36 bits per heavy atom. The van der Waals surface area contributed by atoms with Crippen LogP contribution in [0.3, 0.4) is 0 Å². The van der Waals surface area contributed by atoms with Crippen molar-refractivity contribution in [1.82, 2.24) is 14.7 Å². The molecule has 1 saturated heterocycles. The van der Waals surface area contributed by atoms with E-state index in [9.17, 15) is 4.79 Å². The predicted octanol–water partition coefficient (Wildman–Crippen LogP) is 2.73. The molecule has 1 aromatic carbocycles. The summed E-state index contributed by atoms with van der Waals surface area (Å²) in [5.74, 6) is 0.908. The molecular weight excluding hydrogens is 278 g/mol. The van der Waals surface area contributed by atoms with Crippen molar-refractivity contribution in [3.8, 4) is 11.4 Å². The van der Waals surface area contributed by atoms with Gasteiger partial charge in [-0.1, -0.05) is 0 Å². The first kappa shape index (κ1) is 14.6. The lowest BCUT2D eigenvalue weighted by Gasteiger charge is -2.15. The van der Waals surface area contributed by atoms with Crippen LogP contribution in [0.5, 0.6) is 5.75 Å². The van der Waals surface area contributed by atoms with Crippen LogP contribution in [0.25, 0.3) is 5.69 Å². The third-order valence-electron chi connectivity index (χ3n) is 4.22. The first-order chi connectivity index (χ1) is 10.6. The van der Waals surface area contributed by atoms with Gasteiger partial charge in [0.2, 0.25) is 0 Å². The van der Waals surface area contributed by atoms with E-state index in [0.29, 0.717) is 0 Å². The molecule has 5 nitrogen and oxygen atoms in total. The second-order valence-corrected chi connectivity index (χ2v) is 5.65. The van der Waals surface area contributed by atoms with Crippen LogP contribution in [-0.2, 0) is 0 Å². The van der Waals surface area contributed by atoms with Crippen LogP contribution in [0, 0.1) is 13.8 Å². The Morgan fingerprint density at radius 1 is 1.14 bits per heavy atom. The maximum Gasteiger partial charge on any atom is 0.257 e. The van der Waals surface area contributed by atoms with Crippen LogP contribution in [0.4, 0.5) is 0 Å². The summed E-state index contributed by atoms with van der Waals surface area (Å²) in [6.45, 7) is 5.56. The maximum atomic E-state index is 12.7. The largest absolute Gasteiger partial charge is 0.497 e. The molecule has 0 spiro atoms.